The Labute approximate surface area is 91.7 Å². The Kier molecular flexibility index (Phi) is 2.84. The van der Waals surface area contributed by atoms with Crippen LogP contribution in [-0.4, -0.2) is 6.29 Å². The van der Waals surface area contributed by atoms with Gasteiger partial charge in [-0.15, -0.1) is 0 Å². The van der Waals surface area contributed by atoms with Crippen molar-refractivity contribution in [2.24, 2.45) is 0 Å². The molecule has 16 heavy (non-hydrogen) atoms. The van der Waals surface area contributed by atoms with E-state index < -0.39 is 0 Å². The molecule has 0 atom stereocenters. The number of furan rings is 1. The summed E-state index contributed by atoms with van der Waals surface area (Å²) in [5.74, 6) is 5.44. The first-order valence-corrected chi connectivity index (χ1v) is 4.61. The molecule has 0 saturated carbocycles. The van der Waals surface area contributed by atoms with Gasteiger partial charge < -0.3 is 4.42 Å². The second kappa shape index (κ2) is 4.45. The van der Waals surface area contributed by atoms with E-state index in [1.165, 1.54) is 12.1 Å². The van der Waals surface area contributed by atoms with E-state index in [9.17, 15) is 9.18 Å². The van der Waals surface area contributed by atoms with E-state index in [4.69, 9.17) is 4.42 Å². The van der Waals surface area contributed by atoms with Crippen LogP contribution in [0.2, 0.25) is 0 Å². The van der Waals surface area contributed by atoms with Crippen molar-refractivity contribution in [2.75, 3.05) is 0 Å². The highest BCUT2D eigenvalue weighted by atomic mass is 19.1. The van der Waals surface area contributed by atoms with Crippen LogP contribution in [0.15, 0.2) is 40.8 Å². The molecule has 0 aliphatic rings. The number of hydrogen-bond donors (Lipinski definition) is 0. The van der Waals surface area contributed by atoms with Crippen LogP contribution in [-0.2, 0) is 0 Å². The van der Waals surface area contributed by atoms with Crippen molar-refractivity contribution in [1.29, 1.82) is 0 Å². The first-order valence-electron chi connectivity index (χ1n) is 4.61. The summed E-state index contributed by atoms with van der Waals surface area (Å²) in [6.45, 7) is 0. The molecule has 0 unspecified atom stereocenters. The van der Waals surface area contributed by atoms with E-state index in [-0.39, 0.29) is 11.6 Å². The van der Waals surface area contributed by atoms with Gasteiger partial charge in [0, 0.05) is 0 Å². The van der Waals surface area contributed by atoms with Gasteiger partial charge in [-0.2, -0.15) is 0 Å². The number of aldehydes is 1. The van der Waals surface area contributed by atoms with Gasteiger partial charge in [-0.05, 0) is 30.2 Å². The van der Waals surface area contributed by atoms with Gasteiger partial charge in [0.2, 0.25) is 0 Å². The molecule has 0 amide bonds. The maximum absolute atomic E-state index is 13.2. The predicted molar refractivity (Wildman–Crippen MR) is 56.5 cm³/mol. The highest BCUT2D eigenvalue weighted by Crippen LogP contribution is 2.06. The third kappa shape index (κ3) is 2.18. The highest BCUT2D eigenvalue weighted by molar-refractivity contribution is 5.70. The summed E-state index contributed by atoms with van der Waals surface area (Å²) in [5.41, 5.74) is 0.298. The summed E-state index contributed by atoms with van der Waals surface area (Å²) in [6, 6.07) is 9.29. The molecule has 3 heteroatoms. The van der Waals surface area contributed by atoms with Gasteiger partial charge in [-0.3, -0.25) is 4.79 Å². The van der Waals surface area contributed by atoms with Gasteiger partial charge in [0.1, 0.15) is 5.82 Å². The Bertz CT molecular complexity index is 573. The highest BCUT2D eigenvalue weighted by Gasteiger charge is 1.98. The lowest BCUT2D eigenvalue weighted by Crippen LogP contribution is -1.80. The van der Waals surface area contributed by atoms with Crippen LogP contribution < -0.4 is 0 Å². The summed E-state index contributed by atoms with van der Waals surface area (Å²) in [7, 11) is 0. The molecule has 0 aliphatic carbocycles. The van der Waals surface area contributed by atoms with Crippen LogP contribution in [0.4, 0.5) is 4.39 Å². The molecule has 2 nitrogen and oxygen atoms in total. The summed E-state index contributed by atoms with van der Waals surface area (Å²) in [5, 5.41) is 0. The van der Waals surface area contributed by atoms with Crippen molar-refractivity contribution in [3.63, 3.8) is 0 Å². The van der Waals surface area contributed by atoms with Crippen molar-refractivity contribution in [1.82, 2.24) is 0 Å². The number of carbonyl (C=O) groups excluding carboxylic acids is 1. The fraction of sp³-hybridized carbons (Fsp3) is 0. The monoisotopic (exact) mass is 214 g/mol. The van der Waals surface area contributed by atoms with Gasteiger partial charge in [-0.1, -0.05) is 18.1 Å². The third-order valence-corrected chi connectivity index (χ3v) is 1.94. The van der Waals surface area contributed by atoms with Crippen molar-refractivity contribution in [3.05, 3.63) is 59.3 Å². The van der Waals surface area contributed by atoms with E-state index in [1.54, 1.807) is 24.3 Å². The zero-order valence-electron chi connectivity index (χ0n) is 8.24. The Morgan fingerprint density at radius 1 is 1.12 bits per heavy atom. The van der Waals surface area contributed by atoms with Gasteiger partial charge in [0.25, 0.3) is 0 Å². The Morgan fingerprint density at radius 3 is 2.62 bits per heavy atom. The van der Waals surface area contributed by atoms with Gasteiger partial charge in [0.15, 0.2) is 17.8 Å². The Balaban J connectivity index is 2.28. The number of carbonyl (C=O) groups is 1. The Morgan fingerprint density at radius 2 is 1.94 bits per heavy atom. The van der Waals surface area contributed by atoms with Crippen molar-refractivity contribution < 1.29 is 13.6 Å². The number of rotatable bonds is 1. The summed E-state index contributed by atoms with van der Waals surface area (Å²) >= 11 is 0. The number of benzene rings is 1. The fourth-order valence-corrected chi connectivity index (χ4v) is 1.17. The summed E-state index contributed by atoms with van der Waals surface area (Å²) in [4.78, 5) is 10.3. The SMILES string of the molecule is O=Cc1ccc(C#Cc2ccccc2F)o1. The summed E-state index contributed by atoms with van der Waals surface area (Å²) in [6.07, 6.45) is 0.592. The summed E-state index contributed by atoms with van der Waals surface area (Å²) < 4.78 is 18.2. The molecule has 78 valence electrons. The second-order valence-electron chi connectivity index (χ2n) is 3.05. The van der Waals surface area contributed by atoms with Crippen molar-refractivity contribution >= 4 is 6.29 Å². The minimum absolute atomic E-state index is 0.206. The molecule has 1 heterocycles. The average molecular weight is 214 g/mol. The van der Waals surface area contributed by atoms with E-state index in [1.807, 2.05) is 0 Å². The van der Waals surface area contributed by atoms with E-state index >= 15 is 0 Å². The van der Waals surface area contributed by atoms with Crippen LogP contribution >= 0.6 is 0 Å². The average Bonchev–Trinajstić information content (AvgIpc) is 2.76. The zero-order chi connectivity index (χ0) is 11.4. The van der Waals surface area contributed by atoms with E-state index in [0.29, 0.717) is 17.6 Å². The fourth-order valence-electron chi connectivity index (χ4n) is 1.17. The van der Waals surface area contributed by atoms with E-state index in [2.05, 4.69) is 11.8 Å². The van der Waals surface area contributed by atoms with E-state index in [0.717, 1.165) is 0 Å². The third-order valence-electron chi connectivity index (χ3n) is 1.94. The minimum atomic E-state index is -0.378. The molecular formula is C13H7FO2. The van der Waals surface area contributed by atoms with Crippen LogP contribution in [0.5, 0.6) is 0 Å². The van der Waals surface area contributed by atoms with Crippen LogP contribution in [0.25, 0.3) is 0 Å². The number of hydrogen-bond acceptors (Lipinski definition) is 2. The van der Waals surface area contributed by atoms with Crippen molar-refractivity contribution in [2.45, 2.75) is 0 Å². The minimum Gasteiger partial charge on any atom is -0.445 e. The molecule has 2 rings (SSSR count). The Hall–Kier alpha value is -2.34. The molecule has 0 N–H and O–H groups in total. The molecule has 2 aromatic rings. The molecular weight excluding hydrogens is 207 g/mol. The largest absolute Gasteiger partial charge is 0.445 e. The maximum Gasteiger partial charge on any atom is 0.185 e. The molecule has 0 spiro atoms. The topological polar surface area (TPSA) is 30.2 Å². The lowest BCUT2D eigenvalue weighted by atomic mass is 10.2. The first kappa shape index (κ1) is 10.2. The first-order chi connectivity index (χ1) is 7.79. The van der Waals surface area contributed by atoms with Crippen LogP contribution in [0, 0.1) is 17.7 Å². The zero-order valence-corrected chi connectivity index (χ0v) is 8.24. The lowest BCUT2D eigenvalue weighted by Gasteiger charge is -1.90. The van der Waals surface area contributed by atoms with Gasteiger partial charge in [-0.25, -0.2) is 4.39 Å². The second-order valence-corrected chi connectivity index (χ2v) is 3.05. The lowest BCUT2D eigenvalue weighted by molar-refractivity contribution is 0.110. The van der Waals surface area contributed by atoms with Crippen LogP contribution in [0.3, 0.4) is 0 Å². The molecule has 0 aliphatic heterocycles. The normalized spacial score (nSPS) is 9.31. The number of halogens is 1. The molecule has 0 radical (unpaired) electrons. The standard InChI is InChI=1S/C13H7FO2/c14-13-4-2-1-3-10(13)5-6-11-7-8-12(9-15)16-11/h1-4,7-9H. The van der Waals surface area contributed by atoms with Gasteiger partial charge >= 0.3 is 0 Å². The maximum atomic E-state index is 13.2. The van der Waals surface area contributed by atoms with Crippen LogP contribution in [0.1, 0.15) is 21.9 Å². The molecule has 0 saturated heterocycles. The van der Waals surface area contributed by atoms with Crippen molar-refractivity contribution in [3.8, 4) is 11.8 Å². The molecule has 0 bridgehead atoms. The van der Waals surface area contributed by atoms with Gasteiger partial charge in [0.05, 0.1) is 5.56 Å². The molecule has 0 fully saturated rings. The predicted octanol–water partition coefficient (Wildman–Crippen LogP) is 2.63. The molecule has 1 aromatic carbocycles. The quantitative estimate of drug-likeness (QED) is 0.539. The molecule has 1 aromatic heterocycles. The smallest absolute Gasteiger partial charge is 0.185 e.